The molecule has 0 bridgehead atoms. The number of imide groups is 1. The van der Waals surface area contributed by atoms with Crippen LogP contribution in [-0.4, -0.2) is 52.6 Å². The highest BCUT2D eigenvalue weighted by Gasteiger charge is 2.43. The Bertz CT molecular complexity index is 420. The minimum absolute atomic E-state index is 0.0314. The van der Waals surface area contributed by atoms with Crippen molar-refractivity contribution in [2.75, 3.05) is 13.1 Å². The molecule has 120 valence electrons. The lowest BCUT2D eigenvalue weighted by molar-refractivity contribution is -0.130. The zero-order valence-corrected chi connectivity index (χ0v) is 13.1. The summed E-state index contributed by atoms with van der Waals surface area (Å²) >= 11 is 0. The van der Waals surface area contributed by atoms with E-state index in [2.05, 4.69) is 10.6 Å². The molecular formula is C14H25N3O4. The fourth-order valence-electron chi connectivity index (χ4n) is 2.18. The van der Waals surface area contributed by atoms with Gasteiger partial charge in [-0.15, -0.1) is 0 Å². The van der Waals surface area contributed by atoms with Gasteiger partial charge in [0.25, 0.3) is 5.91 Å². The second kappa shape index (κ2) is 6.89. The first-order chi connectivity index (χ1) is 9.63. The Hall–Kier alpha value is -1.63. The molecule has 0 spiro atoms. The topological polar surface area (TPSA) is 98.7 Å². The number of aliphatic hydroxyl groups excluding tert-OH is 1. The molecule has 0 aromatic carbocycles. The monoisotopic (exact) mass is 299 g/mol. The zero-order chi connectivity index (χ0) is 16.2. The van der Waals surface area contributed by atoms with Crippen molar-refractivity contribution in [2.24, 2.45) is 5.92 Å². The highest BCUT2D eigenvalue weighted by Crippen LogP contribution is 2.16. The predicted molar refractivity (Wildman–Crippen MR) is 77.4 cm³/mol. The fraction of sp³-hybridized carbons (Fsp3) is 0.786. The lowest BCUT2D eigenvalue weighted by Crippen LogP contribution is -2.41. The molecule has 4 amide bonds. The first-order valence-electron chi connectivity index (χ1n) is 7.22. The molecule has 1 saturated heterocycles. The normalized spacial score (nSPS) is 18.9. The summed E-state index contributed by atoms with van der Waals surface area (Å²) in [5.74, 6) is -0.270. The Morgan fingerprint density at radius 3 is 2.48 bits per heavy atom. The summed E-state index contributed by atoms with van der Waals surface area (Å²) in [5, 5.41) is 14.8. The van der Waals surface area contributed by atoms with Crippen molar-refractivity contribution in [3.8, 4) is 0 Å². The van der Waals surface area contributed by atoms with Crippen LogP contribution in [0.5, 0.6) is 0 Å². The Kier molecular flexibility index (Phi) is 5.71. The minimum Gasteiger partial charge on any atom is -0.391 e. The smallest absolute Gasteiger partial charge is 0.325 e. The predicted octanol–water partition coefficient (Wildman–Crippen LogP) is 0.230. The van der Waals surface area contributed by atoms with E-state index in [4.69, 9.17) is 0 Å². The minimum atomic E-state index is -0.916. The van der Waals surface area contributed by atoms with Gasteiger partial charge in [0.05, 0.1) is 6.10 Å². The maximum atomic E-state index is 11.9. The van der Waals surface area contributed by atoms with Gasteiger partial charge in [-0.25, -0.2) is 4.79 Å². The third-order valence-electron chi connectivity index (χ3n) is 3.29. The molecule has 0 radical (unpaired) electrons. The van der Waals surface area contributed by atoms with Crippen molar-refractivity contribution >= 4 is 17.8 Å². The first-order valence-corrected chi connectivity index (χ1v) is 7.22. The van der Waals surface area contributed by atoms with E-state index in [1.807, 2.05) is 13.8 Å². The van der Waals surface area contributed by atoms with Crippen LogP contribution in [0.15, 0.2) is 0 Å². The molecule has 7 heteroatoms. The van der Waals surface area contributed by atoms with Crippen molar-refractivity contribution in [1.82, 2.24) is 15.5 Å². The molecule has 1 fully saturated rings. The van der Waals surface area contributed by atoms with Crippen LogP contribution in [0.3, 0.4) is 0 Å². The molecule has 0 aromatic rings. The summed E-state index contributed by atoms with van der Waals surface area (Å²) in [5.41, 5.74) is -0.916. The van der Waals surface area contributed by atoms with Gasteiger partial charge in [0, 0.05) is 19.5 Å². The Balaban J connectivity index is 2.34. The number of nitrogens with zero attached hydrogens (tertiary/aromatic N) is 1. The van der Waals surface area contributed by atoms with Crippen LogP contribution in [0.2, 0.25) is 0 Å². The summed E-state index contributed by atoms with van der Waals surface area (Å²) in [6.07, 6.45) is 0.0649. The van der Waals surface area contributed by atoms with Crippen LogP contribution >= 0.6 is 0 Å². The second-order valence-electron chi connectivity index (χ2n) is 6.35. The van der Waals surface area contributed by atoms with E-state index in [0.29, 0.717) is 12.3 Å². The van der Waals surface area contributed by atoms with Gasteiger partial charge in [0.1, 0.15) is 5.54 Å². The second-order valence-corrected chi connectivity index (χ2v) is 6.35. The molecular weight excluding hydrogens is 274 g/mol. The van der Waals surface area contributed by atoms with E-state index in [-0.39, 0.29) is 31.3 Å². The summed E-state index contributed by atoms with van der Waals surface area (Å²) < 4.78 is 0. The van der Waals surface area contributed by atoms with Crippen LogP contribution in [0.4, 0.5) is 4.79 Å². The van der Waals surface area contributed by atoms with Crippen LogP contribution in [0, 0.1) is 5.92 Å². The fourth-order valence-corrected chi connectivity index (χ4v) is 2.18. The highest BCUT2D eigenvalue weighted by molar-refractivity contribution is 6.06. The van der Waals surface area contributed by atoms with E-state index in [1.54, 1.807) is 13.8 Å². The average Bonchev–Trinajstić information content (AvgIpc) is 2.53. The van der Waals surface area contributed by atoms with E-state index in [9.17, 15) is 19.5 Å². The Morgan fingerprint density at radius 2 is 2.00 bits per heavy atom. The summed E-state index contributed by atoms with van der Waals surface area (Å²) in [6, 6.07) is -0.474. The molecule has 1 aliphatic rings. The molecule has 1 aliphatic heterocycles. The number of amides is 4. The van der Waals surface area contributed by atoms with Crippen molar-refractivity contribution in [1.29, 1.82) is 0 Å². The number of nitrogens with one attached hydrogen (secondary N) is 2. The number of rotatable bonds is 7. The maximum absolute atomic E-state index is 11.9. The zero-order valence-electron chi connectivity index (χ0n) is 13.1. The van der Waals surface area contributed by atoms with Crippen molar-refractivity contribution < 1.29 is 19.5 Å². The molecule has 0 aromatic heterocycles. The van der Waals surface area contributed by atoms with Gasteiger partial charge in [-0.2, -0.15) is 0 Å². The molecule has 1 unspecified atom stereocenters. The third kappa shape index (κ3) is 5.00. The van der Waals surface area contributed by atoms with Gasteiger partial charge in [-0.3, -0.25) is 14.5 Å². The standard InChI is InChI=1S/C14H25N3O4/c1-9(2)7-10(18)8-15-11(19)5-6-17-12(20)14(3,4)16-13(17)21/h9-10,18H,5-8H2,1-4H3,(H,15,19)(H,16,21). The SMILES string of the molecule is CC(C)CC(O)CNC(=O)CCN1C(=O)NC(C)(C)C1=O. The number of carbonyl (C=O) groups is 3. The number of carbonyl (C=O) groups excluding carboxylic acids is 3. The maximum Gasteiger partial charge on any atom is 0.325 e. The van der Waals surface area contributed by atoms with Gasteiger partial charge >= 0.3 is 6.03 Å². The van der Waals surface area contributed by atoms with Gasteiger partial charge in [-0.05, 0) is 26.2 Å². The molecule has 0 aliphatic carbocycles. The molecule has 7 nitrogen and oxygen atoms in total. The van der Waals surface area contributed by atoms with Crippen molar-refractivity contribution in [3.05, 3.63) is 0 Å². The van der Waals surface area contributed by atoms with Crippen molar-refractivity contribution in [2.45, 2.75) is 52.2 Å². The van der Waals surface area contributed by atoms with Crippen LogP contribution < -0.4 is 10.6 Å². The molecule has 0 saturated carbocycles. The molecule has 1 heterocycles. The van der Waals surface area contributed by atoms with E-state index >= 15 is 0 Å². The quantitative estimate of drug-likeness (QED) is 0.586. The Labute approximate surface area is 125 Å². The average molecular weight is 299 g/mol. The first kappa shape index (κ1) is 17.4. The third-order valence-corrected chi connectivity index (χ3v) is 3.29. The number of aliphatic hydroxyl groups is 1. The van der Waals surface area contributed by atoms with Gasteiger partial charge in [-0.1, -0.05) is 13.8 Å². The summed E-state index contributed by atoms with van der Waals surface area (Å²) in [7, 11) is 0. The number of urea groups is 1. The summed E-state index contributed by atoms with van der Waals surface area (Å²) in [6.45, 7) is 7.45. The largest absolute Gasteiger partial charge is 0.391 e. The van der Waals surface area contributed by atoms with E-state index in [1.165, 1.54) is 0 Å². The van der Waals surface area contributed by atoms with Crippen molar-refractivity contribution in [3.63, 3.8) is 0 Å². The molecule has 3 N–H and O–H groups in total. The molecule has 1 rings (SSSR count). The lowest BCUT2D eigenvalue weighted by atomic mass is 10.1. The Morgan fingerprint density at radius 1 is 1.38 bits per heavy atom. The van der Waals surface area contributed by atoms with Crippen LogP contribution in [-0.2, 0) is 9.59 Å². The van der Waals surface area contributed by atoms with Gasteiger partial charge in [0.2, 0.25) is 5.91 Å². The number of hydrogen-bond acceptors (Lipinski definition) is 4. The highest BCUT2D eigenvalue weighted by atomic mass is 16.3. The van der Waals surface area contributed by atoms with Gasteiger partial charge < -0.3 is 15.7 Å². The molecule has 21 heavy (non-hydrogen) atoms. The molecule has 1 atom stereocenters. The van der Waals surface area contributed by atoms with Crippen LogP contribution in [0.1, 0.15) is 40.5 Å². The van der Waals surface area contributed by atoms with E-state index in [0.717, 1.165) is 4.90 Å². The van der Waals surface area contributed by atoms with Gasteiger partial charge in [0.15, 0.2) is 0 Å². The lowest BCUT2D eigenvalue weighted by Gasteiger charge is -2.16. The van der Waals surface area contributed by atoms with Crippen LogP contribution in [0.25, 0.3) is 0 Å². The summed E-state index contributed by atoms with van der Waals surface area (Å²) in [4.78, 5) is 36.2. The number of hydrogen-bond donors (Lipinski definition) is 3. The van der Waals surface area contributed by atoms with E-state index < -0.39 is 17.7 Å².